The maximum Gasteiger partial charge on any atom is 0.332 e. The van der Waals surface area contributed by atoms with Gasteiger partial charge in [0.1, 0.15) is 11.4 Å². The van der Waals surface area contributed by atoms with Gasteiger partial charge in [0.15, 0.2) is 0 Å². The van der Waals surface area contributed by atoms with Crippen molar-refractivity contribution in [2.24, 2.45) is 0 Å². The standard InChI is InChI=1S/C19H28N4O4S/c1-4-22-17-15(12-9-19(2,3)27-11-13(12)28-17)16(25)23(18(22)26)10-14(24)21-8-6-5-7-20/h4-11,20H2,1-3H3,(H,21,24)/p+1. The molecule has 2 aromatic heterocycles. The van der Waals surface area contributed by atoms with Gasteiger partial charge in [-0.25, -0.2) is 4.79 Å². The highest BCUT2D eigenvalue weighted by atomic mass is 32.1. The van der Waals surface area contributed by atoms with Crippen molar-refractivity contribution >= 4 is 27.5 Å². The van der Waals surface area contributed by atoms with Crippen LogP contribution >= 0.6 is 11.3 Å². The van der Waals surface area contributed by atoms with E-state index in [1.807, 2.05) is 20.8 Å². The van der Waals surface area contributed by atoms with Crippen LogP contribution in [0.5, 0.6) is 0 Å². The molecule has 1 aliphatic rings. The lowest BCUT2D eigenvalue weighted by Crippen LogP contribution is -2.50. The smallest absolute Gasteiger partial charge is 0.332 e. The minimum atomic E-state index is -0.438. The highest BCUT2D eigenvalue weighted by Gasteiger charge is 2.31. The number of rotatable bonds is 7. The van der Waals surface area contributed by atoms with Gasteiger partial charge in [-0.1, -0.05) is 0 Å². The molecule has 28 heavy (non-hydrogen) atoms. The molecule has 3 heterocycles. The van der Waals surface area contributed by atoms with Crippen molar-refractivity contribution in [3.05, 3.63) is 31.3 Å². The van der Waals surface area contributed by atoms with Crippen molar-refractivity contribution in [2.75, 3.05) is 13.1 Å². The first-order valence-electron chi connectivity index (χ1n) is 9.77. The van der Waals surface area contributed by atoms with E-state index < -0.39 is 5.69 Å². The molecule has 8 nitrogen and oxygen atoms in total. The van der Waals surface area contributed by atoms with Crippen LogP contribution in [0.1, 0.15) is 44.1 Å². The summed E-state index contributed by atoms with van der Waals surface area (Å²) < 4.78 is 8.52. The van der Waals surface area contributed by atoms with Crippen molar-refractivity contribution in [3.8, 4) is 0 Å². The van der Waals surface area contributed by atoms with Crippen molar-refractivity contribution in [1.82, 2.24) is 14.5 Å². The molecule has 154 valence electrons. The third-order valence-electron chi connectivity index (χ3n) is 5.05. The number of carbonyl (C=O) groups excluding carboxylic acids is 1. The molecule has 1 amide bonds. The Labute approximate surface area is 167 Å². The Morgan fingerprint density at radius 2 is 2.04 bits per heavy atom. The number of nitrogens with one attached hydrogen (secondary N) is 1. The van der Waals surface area contributed by atoms with Gasteiger partial charge in [0, 0.05) is 24.4 Å². The molecule has 0 bridgehead atoms. The van der Waals surface area contributed by atoms with E-state index >= 15 is 0 Å². The molecule has 0 saturated heterocycles. The number of aromatic nitrogens is 2. The van der Waals surface area contributed by atoms with Gasteiger partial charge in [0.25, 0.3) is 5.56 Å². The first-order valence-corrected chi connectivity index (χ1v) is 10.6. The van der Waals surface area contributed by atoms with Crippen molar-refractivity contribution in [1.29, 1.82) is 0 Å². The van der Waals surface area contributed by atoms with Crippen LogP contribution in [0.15, 0.2) is 9.59 Å². The second-order valence-corrected chi connectivity index (χ2v) is 8.82. The van der Waals surface area contributed by atoms with Crippen LogP contribution < -0.4 is 22.3 Å². The predicted octanol–water partition coefficient (Wildman–Crippen LogP) is 0.234. The van der Waals surface area contributed by atoms with Crippen LogP contribution in [-0.4, -0.2) is 33.7 Å². The Morgan fingerprint density at radius 3 is 2.71 bits per heavy atom. The molecule has 0 radical (unpaired) electrons. The minimum Gasteiger partial charge on any atom is -0.370 e. The van der Waals surface area contributed by atoms with Gasteiger partial charge in [-0.3, -0.25) is 18.7 Å². The first-order chi connectivity index (χ1) is 13.3. The van der Waals surface area contributed by atoms with Gasteiger partial charge < -0.3 is 15.8 Å². The predicted molar refractivity (Wildman–Crippen MR) is 109 cm³/mol. The average molecular weight is 410 g/mol. The summed E-state index contributed by atoms with van der Waals surface area (Å²) in [4.78, 5) is 40.1. The summed E-state index contributed by atoms with van der Waals surface area (Å²) in [5.74, 6) is -0.321. The highest BCUT2D eigenvalue weighted by Crippen LogP contribution is 2.37. The fraction of sp³-hybridized carbons (Fsp3) is 0.632. The maximum atomic E-state index is 13.2. The zero-order valence-electron chi connectivity index (χ0n) is 16.8. The summed E-state index contributed by atoms with van der Waals surface area (Å²) in [5, 5.41) is 3.34. The number of carbonyl (C=O) groups is 1. The molecule has 0 atom stereocenters. The van der Waals surface area contributed by atoms with Crippen molar-refractivity contribution in [2.45, 2.75) is 65.3 Å². The van der Waals surface area contributed by atoms with Crippen LogP contribution in [0, 0.1) is 0 Å². The molecule has 9 heteroatoms. The van der Waals surface area contributed by atoms with E-state index in [1.165, 1.54) is 11.3 Å². The van der Waals surface area contributed by atoms with Crippen LogP contribution in [0.25, 0.3) is 10.2 Å². The zero-order chi connectivity index (χ0) is 20.5. The van der Waals surface area contributed by atoms with E-state index in [2.05, 4.69) is 11.1 Å². The Morgan fingerprint density at radius 1 is 1.29 bits per heavy atom. The quantitative estimate of drug-likeness (QED) is 0.638. The summed E-state index contributed by atoms with van der Waals surface area (Å²) in [7, 11) is 0. The fourth-order valence-electron chi connectivity index (χ4n) is 3.55. The van der Waals surface area contributed by atoms with Crippen LogP contribution in [0.4, 0.5) is 0 Å². The third kappa shape index (κ3) is 3.92. The molecule has 1 aliphatic heterocycles. The van der Waals surface area contributed by atoms with Gasteiger partial charge in [-0.2, -0.15) is 0 Å². The summed E-state index contributed by atoms with van der Waals surface area (Å²) >= 11 is 1.45. The number of hydrogen-bond donors (Lipinski definition) is 2. The molecule has 0 fully saturated rings. The highest BCUT2D eigenvalue weighted by molar-refractivity contribution is 7.18. The van der Waals surface area contributed by atoms with Gasteiger partial charge in [-0.15, -0.1) is 11.3 Å². The maximum absolute atomic E-state index is 13.2. The molecule has 0 spiro atoms. The largest absolute Gasteiger partial charge is 0.370 e. The topological polar surface area (TPSA) is 110 Å². The van der Waals surface area contributed by atoms with E-state index in [9.17, 15) is 14.4 Å². The number of unbranched alkanes of at least 4 members (excludes halogenated alkanes) is 1. The van der Waals surface area contributed by atoms with E-state index in [-0.39, 0.29) is 23.6 Å². The Kier molecular flexibility index (Phi) is 6.07. The fourth-order valence-corrected chi connectivity index (χ4v) is 4.83. The van der Waals surface area contributed by atoms with Gasteiger partial charge >= 0.3 is 5.69 Å². The normalized spacial score (nSPS) is 15.6. The summed E-state index contributed by atoms with van der Waals surface area (Å²) in [6.07, 6.45) is 2.36. The summed E-state index contributed by atoms with van der Waals surface area (Å²) in [6, 6.07) is 0. The number of aryl methyl sites for hydroxylation is 1. The zero-order valence-corrected chi connectivity index (χ0v) is 17.6. The Hall–Kier alpha value is -1.97. The summed E-state index contributed by atoms with van der Waals surface area (Å²) in [6.45, 7) is 7.80. The van der Waals surface area contributed by atoms with E-state index in [0.29, 0.717) is 36.3 Å². The lowest BCUT2D eigenvalue weighted by atomic mass is 9.94. The molecule has 2 aromatic rings. The average Bonchev–Trinajstić information content (AvgIpc) is 3.00. The van der Waals surface area contributed by atoms with Crippen LogP contribution in [0.3, 0.4) is 0 Å². The SMILES string of the molecule is CCn1c(=O)n(CC(=O)NCCCC[NH3+])c(=O)c2c3c(sc21)COC(C)(C)C3. The van der Waals surface area contributed by atoms with E-state index in [4.69, 9.17) is 4.74 Å². The number of quaternary nitrogens is 1. The molecule has 0 aromatic carbocycles. The monoisotopic (exact) mass is 409 g/mol. The number of hydrogen-bond acceptors (Lipinski definition) is 5. The minimum absolute atomic E-state index is 0.261. The lowest BCUT2D eigenvalue weighted by molar-refractivity contribution is -0.368. The Bertz CT molecular complexity index is 1000. The molecule has 0 aliphatic carbocycles. The molecule has 3 rings (SSSR count). The number of nitrogens with zero attached hydrogens (tertiary/aromatic N) is 2. The molecule has 0 saturated carbocycles. The van der Waals surface area contributed by atoms with Crippen LogP contribution in [-0.2, 0) is 35.6 Å². The molecular weight excluding hydrogens is 380 g/mol. The lowest BCUT2D eigenvalue weighted by Gasteiger charge is -2.29. The second kappa shape index (κ2) is 8.18. The molecular formula is C19H29N4O4S+. The van der Waals surface area contributed by atoms with E-state index in [1.54, 1.807) is 4.57 Å². The third-order valence-corrected chi connectivity index (χ3v) is 6.28. The number of amides is 1. The number of fused-ring (bicyclic) bond motifs is 3. The van der Waals surface area contributed by atoms with Crippen LogP contribution in [0.2, 0.25) is 0 Å². The number of thiophene rings is 1. The number of ether oxygens (including phenoxy) is 1. The van der Waals surface area contributed by atoms with Crippen molar-refractivity contribution < 1.29 is 15.3 Å². The summed E-state index contributed by atoms with van der Waals surface area (Å²) in [5.41, 5.74) is 3.54. The van der Waals surface area contributed by atoms with E-state index in [0.717, 1.165) is 34.4 Å². The second-order valence-electron chi connectivity index (χ2n) is 7.74. The van der Waals surface area contributed by atoms with Gasteiger partial charge in [0.2, 0.25) is 5.91 Å². The Balaban J connectivity index is 2.03. The molecule has 0 unspecified atom stereocenters. The van der Waals surface area contributed by atoms with Gasteiger partial charge in [0.05, 0.1) is 24.1 Å². The van der Waals surface area contributed by atoms with Crippen molar-refractivity contribution in [3.63, 3.8) is 0 Å². The first kappa shape index (κ1) is 20.8. The molecule has 4 N–H and O–H groups in total. The van der Waals surface area contributed by atoms with Gasteiger partial charge in [-0.05, 0) is 39.2 Å².